The molecule has 0 radical (unpaired) electrons. The van der Waals surface area contributed by atoms with Crippen molar-refractivity contribution < 1.29 is 8.78 Å². The summed E-state index contributed by atoms with van der Waals surface area (Å²) < 4.78 is 27.2. The summed E-state index contributed by atoms with van der Waals surface area (Å²) in [6.45, 7) is 4.85. The number of nitrogens with zero attached hydrogens (tertiary/aromatic N) is 1. The van der Waals surface area contributed by atoms with Gasteiger partial charge in [0.1, 0.15) is 11.6 Å². The second-order valence-corrected chi connectivity index (χ2v) is 5.24. The molecular weight excluding hydrogens is 270 g/mol. The average Bonchev–Trinajstić information content (AvgIpc) is 2.47. The molecule has 0 aliphatic rings. The number of benzene rings is 1. The van der Waals surface area contributed by atoms with Gasteiger partial charge in [-0.05, 0) is 61.2 Å². The van der Waals surface area contributed by atoms with E-state index in [1.165, 1.54) is 12.1 Å². The van der Waals surface area contributed by atoms with Crippen LogP contribution in [0.5, 0.6) is 0 Å². The number of hydrogen-bond acceptors (Lipinski definition) is 2. The highest BCUT2D eigenvalue weighted by Gasteiger charge is 2.15. The van der Waals surface area contributed by atoms with Crippen molar-refractivity contribution in [1.82, 2.24) is 10.3 Å². The van der Waals surface area contributed by atoms with E-state index in [-0.39, 0.29) is 11.9 Å². The van der Waals surface area contributed by atoms with E-state index in [0.717, 1.165) is 30.2 Å². The predicted octanol–water partition coefficient (Wildman–Crippen LogP) is 3.95. The van der Waals surface area contributed by atoms with E-state index < -0.39 is 5.82 Å². The minimum Gasteiger partial charge on any atom is -0.310 e. The summed E-state index contributed by atoms with van der Waals surface area (Å²) in [5.74, 6) is -0.789. The molecule has 0 saturated heterocycles. The molecule has 2 rings (SSSR count). The second-order valence-electron chi connectivity index (χ2n) is 5.24. The van der Waals surface area contributed by atoms with Gasteiger partial charge in [-0.15, -0.1) is 0 Å². The summed E-state index contributed by atoms with van der Waals surface area (Å²) in [7, 11) is 0. The Morgan fingerprint density at radius 2 is 2.00 bits per heavy atom. The molecule has 112 valence electrons. The highest BCUT2D eigenvalue weighted by atomic mass is 19.1. The van der Waals surface area contributed by atoms with Crippen molar-refractivity contribution in [3.63, 3.8) is 0 Å². The van der Waals surface area contributed by atoms with Crippen molar-refractivity contribution in [2.75, 3.05) is 6.54 Å². The van der Waals surface area contributed by atoms with Gasteiger partial charge in [0.2, 0.25) is 0 Å². The summed E-state index contributed by atoms with van der Waals surface area (Å²) in [5.41, 5.74) is 2.42. The molecule has 0 spiro atoms. The van der Waals surface area contributed by atoms with Gasteiger partial charge in [-0.25, -0.2) is 8.78 Å². The smallest absolute Gasteiger partial charge is 0.126 e. The number of halogens is 2. The zero-order valence-corrected chi connectivity index (χ0v) is 12.4. The third-order valence-corrected chi connectivity index (χ3v) is 3.37. The maximum absolute atomic E-state index is 13.8. The summed E-state index contributed by atoms with van der Waals surface area (Å²) in [4.78, 5) is 4.19. The highest BCUT2D eigenvalue weighted by molar-refractivity contribution is 5.25. The molecule has 2 aromatic rings. The van der Waals surface area contributed by atoms with Gasteiger partial charge < -0.3 is 5.32 Å². The van der Waals surface area contributed by atoms with E-state index in [9.17, 15) is 8.78 Å². The number of aromatic nitrogens is 1. The van der Waals surface area contributed by atoms with Gasteiger partial charge in [0.15, 0.2) is 0 Å². The van der Waals surface area contributed by atoms with Crippen LogP contribution in [0.15, 0.2) is 36.7 Å². The van der Waals surface area contributed by atoms with Crippen LogP contribution in [0.1, 0.15) is 36.1 Å². The number of rotatable bonds is 6. The number of nitrogens with one attached hydrogen (secondary N) is 1. The van der Waals surface area contributed by atoms with Crippen LogP contribution in [0.25, 0.3) is 0 Å². The maximum Gasteiger partial charge on any atom is 0.126 e. The first-order valence-electron chi connectivity index (χ1n) is 7.19. The van der Waals surface area contributed by atoms with Crippen LogP contribution in [0.2, 0.25) is 0 Å². The van der Waals surface area contributed by atoms with Crippen molar-refractivity contribution >= 4 is 0 Å². The Labute approximate surface area is 124 Å². The van der Waals surface area contributed by atoms with E-state index in [1.807, 2.05) is 13.0 Å². The van der Waals surface area contributed by atoms with Crippen molar-refractivity contribution in [2.24, 2.45) is 0 Å². The zero-order chi connectivity index (χ0) is 15.2. The van der Waals surface area contributed by atoms with E-state index in [0.29, 0.717) is 12.0 Å². The molecule has 4 heteroatoms. The molecule has 21 heavy (non-hydrogen) atoms. The minimum absolute atomic E-state index is 0.0753. The fourth-order valence-corrected chi connectivity index (χ4v) is 2.31. The van der Waals surface area contributed by atoms with Gasteiger partial charge in [0.05, 0.1) is 0 Å². The molecule has 0 saturated carbocycles. The summed E-state index contributed by atoms with van der Waals surface area (Å²) in [6, 6.07) is 5.53. The van der Waals surface area contributed by atoms with Gasteiger partial charge in [-0.1, -0.05) is 13.0 Å². The molecule has 2 nitrogen and oxygen atoms in total. The van der Waals surface area contributed by atoms with Crippen LogP contribution in [0, 0.1) is 18.6 Å². The molecule has 1 N–H and O–H groups in total. The van der Waals surface area contributed by atoms with Crippen LogP contribution in [0.4, 0.5) is 8.78 Å². The lowest BCUT2D eigenvalue weighted by atomic mass is 9.98. The summed E-state index contributed by atoms with van der Waals surface area (Å²) >= 11 is 0. The van der Waals surface area contributed by atoms with Crippen molar-refractivity contribution in [2.45, 2.75) is 32.7 Å². The Balaban J connectivity index is 2.25. The molecule has 1 aromatic heterocycles. The molecule has 1 aromatic carbocycles. The third kappa shape index (κ3) is 4.33. The van der Waals surface area contributed by atoms with Gasteiger partial charge in [-0.2, -0.15) is 0 Å². The zero-order valence-electron chi connectivity index (χ0n) is 12.4. The molecule has 0 fully saturated rings. The monoisotopic (exact) mass is 290 g/mol. The fourth-order valence-electron chi connectivity index (χ4n) is 2.31. The summed E-state index contributed by atoms with van der Waals surface area (Å²) in [6.07, 6.45) is 4.93. The third-order valence-electron chi connectivity index (χ3n) is 3.37. The van der Waals surface area contributed by atoms with Crippen LogP contribution >= 0.6 is 0 Å². The molecule has 0 aliphatic heterocycles. The minimum atomic E-state index is -0.414. The molecular formula is C17H20F2N2. The highest BCUT2D eigenvalue weighted by Crippen LogP contribution is 2.21. The average molecular weight is 290 g/mol. The Kier molecular flexibility index (Phi) is 5.39. The first-order valence-corrected chi connectivity index (χ1v) is 7.19. The van der Waals surface area contributed by atoms with Crippen molar-refractivity contribution in [1.29, 1.82) is 0 Å². The van der Waals surface area contributed by atoms with E-state index >= 15 is 0 Å². The fraction of sp³-hybridized carbons (Fsp3) is 0.353. The van der Waals surface area contributed by atoms with Crippen LogP contribution in [-0.2, 0) is 6.42 Å². The molecule has 1 atom stereocenters. The Morgan fingerprint density at radius 3 is 2.71 bits per heavy atom. The molecule has 1 unspecified atom stereocenters. The van der Waals surface area contributed by atoms with Gasteiger partial charge in [0, 0.05) is 18.4 Å². The van der Waals surface area contributed by atoms with Crippen LogP contribution < -0.4 is 5.32 Å². The molecule has 1 heterocycles. The van der Waals surface area contributed by atoms with Gasteiger partial charge in [0.25, 0.3) is 0 Å². The summed E-state index contributed by atoms with van der Waals surface area (Å²) in [5, 5.41) is 3.38. The quantitative estimate of drug-likeness (QED) is 0.871. The van der Waals surface area contributed by atoms with E-state index in [1.54, 1.807) is 12.4 Å². The lowest BCUT2D eigenvalue weighted by Crippen LogP contribution is -2.24. The molecule has 0 amide bonds. The van der Waals surface area contributed by atoms with Crippen LogP contribution in [-0.4, -0.2) is 11.5 Å². The second kappa shape index (κ2) is 7.27. The van der Waals surface area contributed by atoms with Gasteiger partial charge >= 0.3 is 0 Å². The largest absolute Gasteiger partial charge is 0.310 e. The lowest BCUT2D eigenvalue weighted by molar-refractivity contribution is 0.507. The molecule has 0 aliphatic carbocycles. The van der Waals surface area contributed by atoms with Crippen LogP contribution in [0.3, 0.4) is 0 Å². The van der Waals surface area contributed by atoms with E-state index in [2.05, 4.69) is 17.2 Å². The Bertz CT molecular complexity index is 599. The standard InChI is InChI=1S/C17H20F2N2/c1-3-6-21-17(14-7-12(2)10-20-11-14)9-13-8-15(18)4-5-16(13)19/h4-5,7-8,10-11,17,21H,3,6,9H2,1-2H3. The van der Waals surface area contributed by atoms with Gasteiger partial charge in [-0.3, -0.25) is 4.98 Å². The first-order chi connectivity index (χ1) is 10.1. The molecule has 0 bridgehead atoms. The topological polar surface area (TPSA) is 24.9 Å². The number of aryl methyl sites for hydroxylation is 1. The first kappa shape index (κ1) is 15.6. The maximum atomic E-state index is 13.8. The van der Waals surface area contributed by atoms with Crippen molar-refractivity contribution in [3.8, 4) is 0 Å². The number of pyridine rings is 1. The predicted molar refractivity (Wildman–Crippen MR) is 80.1 cm³/mol. The van der Waals surface area contributed by atoms with Crippen molar-refractivity contribution in [3.05, 3.63) is 65.0 Å². The number of hydrogen-bond donors (Lipinski definition) is 1. The SMILES string of the molecule is CCCNC(Cc1cc(F)ccc1F)c1cncc(C)c1. The van der Waals surface area contributed by atoms with E-state index in [4.69, 9.17) is 0 Å². The Morgan fingerprint density at radius 1 is 1.19 bits per heavy atom. The Hall–Kier alpha value is -1.81. The lowest BCUT2D eigenvalue weighted by Gasteiger charge is -2.19. The normalized spacial score (nSPS) is 12.4.